The van der Waals surface area contributed by atoms with Gasteiger partial charge in [-0.15, -0.1) is 11.3 Å². The van der Waals surface area contributed by atoms with E-state index in [-0.39, 0.29) is 0 Å². The zero-order chi connectivity index (χ0) is 12.7. The monoisotopic (exact) mass is 357 g/mol. The molecule has 0 atom stereocenters. The Kier molecular flexibility index (Phi) is 7.10. The van der Waals surface area contributed by atoms with E-state index in [4.69, 9.17) is 0 Å². The van der Waals surface area contributed by atoms with Gasteiger partial charge in [-0.3, -0.25) is 0 Å². The molecule has 0 saturated heterocycles. The fourth-order valence-corrected chi connectivity index (χ4v) is 4.89. The van der Waals surface area contributed by atoms with Crippen molar-refractivity contribution >= 4 is 49.1 Å². The van der Waals surface area contributed by atoms with Crippen molar-refractivity contribution in [3.05, 3.63) is 15.9 Å². The van der Waals surface area contributed by atoms with Gasteiger partial charge in [0.25, 0.3) is 0 Å². The van der Waals surface area contributed by atoms with E-state index in [1.54, 1.807) is 12.1 Å². The highest BCUT2D eigenvalue weighted by atomic mass is 79.9. The van der Waals surface area contributed by atoms with Crippen LogP contribution >= 0.6 is 39.0 Å². The average Bonchev–Trinajstić information content (AvgIpc) is 2.71. The van der Waals surface area contributed by atoms with Crippen LogP contribution < -0.4 is 4.72 Å². The summed E-state index contributed by atoms with van der Waals surface area (Å²) in [6.45, 7) is 0.520. The van der Waals surface area contributed by atoms with Crippen LogP contribution in [0.3, 0.4) is 0 Å². The number of hydrogen-bond acceptors (Lipinski definition) is 4. The SMILES string of the molecule is CSCCCCCNS(=O)(=O)c1ccc(Br)s1. The molecule has 0 unspecified atom stereocenters. The number of halogens is 1. The first-order chi connectivity index (χ1) is 8.06. The van der Waals surface area contributed by atoms with E-state index in [9.17, 15) is 8.42 Å². The number of hydrogen-bond donors (Lipinski definition) is 1. The van der Waals surface area contributed by atoms with Gasteiger partial charge in [-0.05, 0) is 52.9 Å². The third-order valence-corrected chi connectivity index (χ3v) is 6.40. The van der Waals surface area contributed by atoms with Crippen molar-refractivity contribution in [2.45, 2.75) is 23.5 Å². The molecule has 0 aliphatic heterocycles. The Hall–Kier alpha value is 0.440. The normalized spacial score (nSPS) is 11.9. The maximum atomic E-state index is 11.8. The van der Waals surface area contributed by atoms with Crippen molar-refractivity contribution in [1.82, 2.24) is 4.72 Å². The smallest absolute Gasteiger partial charge is 0.210 e. The summed E-state index contributed by atoms with van der Waals surface area (Å²) in [6, 6.07) is 3.36. The molecule has 1 aromatic rings. The minimum Gasteiger partial charge on any atom is -0.210 e. The van der Waals surface area contributed by atoms with Gasteiger partial charge >= 0.3 is 0 Å². The molecule has 0 radical (unpaired) electrons. The largest absolute Gasteiger partial charge is 0.250 e. The van der Waals surface area contributed by atoms with E-state index < -0.39 is 10.0 Å². The molecule has 0 aliphatic carbocycles. The maximum absolute atomic E-state index is 11.8. The summed E-state index contributed by atoms with van der Waals surface area (Å²) in [5.41, 5.74) is 0. The molecular formula is C10H16BrNO2S3. The van der Waals surface area contributed by atoms with E-state index >= 15 is 0 Å². The van der Waals surface area contributed by atoms with E-state index in [0.717, 1.165) is 28.8 Å². The molecule has 0 bridgehead atoms. The molecule has 0 amide bonds. The Labute approximate surface area is 120 Å². The molecule has 0 saturated carbocycles. The predicted molar refractivity (Wildman–Crippen MR) is 79.4 cm³/mol. The van der Waals surface area contributed by atoms with Gasteiger partial charge in [-0.25, -0.2) is 13.1 Å². The van der Waals surface area contributed by atoms with Crippen LogP contribution in [0.25, 0.3) is 0 Å². The van der Waals surface area contributed by atoms with Gasteiger partial charge in [-0.2, -0.15) is 11.8 Å². The Morgan fingerprint density at radius 3 is 2.71 bits per heavy atom. The van der Waals surface area contributed by atoms with Crippen LogP contribution in [0.15, 0.2) is 20.1 Å². The molecule has 7 heteroatoms. The quantitative estimate of drug-likeness (QED) is 0.725. The second-order valence-corrected chi connectivity index (χ2v) is 8.95. The maximum Gasteiger partial charge on any atom is 0.250 e. The molecular weight excluding hydrogens is 342 g/mol. The van der Waals surface area contributed by atoms with Crippen LogP contribution in [-0.2, 0) is 10.0 Å². The van der Waals surface area contributed by atoms with E-state index in [0.29, 0.717) is 10.8 Å². The van der Waals surface area contributed by atoms with Crippen molar-refractivity contribution in [2.75, 3.05) is 18.6 Å². The zero-order valence-corrected chi connectivity index (χ0v) is 13.6. The first-order valence-corrected chi connectivity index (χ1v) is 9.79. The van der Waals surface area contributed by atoms with E-state index in [1.165, 1.54) is 11.3 Å². The van der Waals surface area contributed by atoms with Crippen LogP contribution in [-0.4, -0.2) is 27.0 Å². The Morgan fingerprint density at radius 1 is 1.35 bits per heavy atom. The van der Waals surface area contributed by atoms with E-state index in [2.05, 4.69) is 26.9 Å². The minimum atomic E-state index is -3.30. The second-order valence-electron chi connectivity index (χ2n) is 3.51. The summed E-state index contributed by atoms with van der Waals surface area (Å²) in [4.78, 5) is 0. The Balaban J connectivity index is 2.31. The molecule has 1 rings (SSSR count). The van der Waals surface area contributed by atoms with Gasteiger partial charge in [0.05, 0.1) is 3.79 Å². The molecule has 98 valence electrons. The molecule has 1 N–H and O–H groups in total. The van der Waals surface area contributed by atoms with Crippen molar-refractivity contribution in [3.63, 3.8) is 0 Å². The number of sulfonamides is 1. The van der Waals surface area contributed by atoms with Gasteiger partial charge < -0.3 is 0 Å². The third kappa shape index (κ3) is 5.74. The molecule has 3 nitrogen and oxygen atoms in total. The van der Waals surface area contributed by atoms with Crippen LogP contribution in [0.2, 0.25) is 0 Å². The number of nitrogens with one attached hydrogen (secondary N) is 1. The van der Waals surface area contributed by atoms with Gasteiger partial charge in [0.15, 0.2) is 0 Å². The Bertz CT molecular complexity index is 431. The fraction of sp³-hybridized carbons (Fsp3) is 0.600. The molecule has 17 heavy (non-hydrogen) atoms. The highest BCUT2D eigenvalue weighted by molar-refractivity contribution is 9.11. The lowest BCUT2D eigenvalue weighted by molar-refractivity contribution is 0.578. The van der Waals surface area contributed by atoms with Gasteiger partial charge in [-0.1, -0.05) is 6.42 Å². The minimum absolute atomic E-state index is 0.369. The fourth-order valence-electron chi connectivity index (χ4n) is 1.27. The van der Waals surface area contributed by atoms with Gasteiger partial charge in [0.1, 0.15) is 4.21 Å². The lowest BCUT2D eigenvalue weighted by Crippen LogP contribution is -2.23. The summed E-state index contributed by atoms with van der Waals surface area (Å²) < 4.78 is 27.4. The van der Waals surface area contributed by atoms with Gasteiger partial charge in [0, 0.05) is 6.54 Å². The molecule has 1 aromatic heterocycles. The van der Waals surface area contributed by atoms with Crippen LogP contribution in [0.1, 0.15) is 19.3 Å². The summed E-state index contributed by atoms with van der Waals surface area (Å²) in [7, 11) is -3.30. The van der Waals surface area contributed by atoms with Crippen molar-refractivity contribution in [2.24, 2.45) is 0 Å². The highest BCUT2D eigenvalue weighted by Gasteiger charge is 2.15. The Morgan fingerprint density at radius 2 is 2.12 bits per heavy atom. The standard InChI is InChI=1S/C10H16BrNO2S3/c1-15-8-4-2-3-7-12-17(13,14)10-6-5-9(11)16-10/h5-6,12H,2-4,7-8H2,1H3. The number of unbranched alkanes of at least 4 members (excludes halogenated alkanes) is 2. The molecule has 1 heterocycles. The first-order valence-electron chi connectivity index (χ1n) is 5.30. The molecule has 0 aliphatic rings. The van der Waals surface area contributed by atoms with Crippen LogP contribution in [0.5, 0.6) is 0 Å². The molecule has 0 aromatic carbocycles. The highest BCUT2D eigenvalue weighted by Crippen LogP contribution is 2.25. The molecule has 0 spiro atoms. The van der Waals surface area contributed by atoms with E-state index in [1.807, 2.05) is 11.8 Å². The second kappa shape index (κ2) is 7.78. The summed E-state index contributed by atoms with van der Waals surface area (Å²) in [5, 5.41) is 0. The summed E-state index contributed by atoms with van der Waals surface area (Å²) in [5.74, 6) is 1.14. The third-order valence-electron chi connectivity index (χ3n) is 2.13. The van der Waals surface area contributed by atoms with Gasteiger partial charge in [0.2, 0.25) is 10.0 Å². The summed E-state index contributed by atoms with van der Waals surface area (Å²) in [6.07, 6.45) is 5.19. The van der Waals surface area contributed by atoms with Crippen molar-refractivity contribution < 1.29 is 8.42 Å². The van der Waals surface area contributed by atoms with Crippen molar-refractivity contribution in [1.29, 1.82) is 0 Å². The zero-order valence-electron chi connectivity index (χ0n) is 9.61. The average molecular weight is 358 g/mol. The van der Waals surface area contributed by atoms with Crippen molar-refractivity contribution in [3.8, 4) is 0 Å². The van der Waals surface area contributed by atoms with Crippen LogP contribution in [0, 0.1) is 0 Å². The number of thioether (sulfide) groups is 1. The lowest BCUT2D eigenvalue weighted by atomic mass is 10.2. The lowest BCUT2D eigenvalue weighted by Gasteiger charge is -2.04. The summed E-state index contributed by atoms with van der Waals surface area (Å²) >= 11 is 6.31. The molecule has 0 fully saturated rings. The first kappa shape index (κ1) is 15.5. The number of rotatable bonds is 8. The topological polar surface area (TPSA) is 46.2 Å². The predicted octanol–water partition coefficient (Wildman–Crippen LogP) is 3.32. The number of thiophene rings is 1. The van der Waals surface area contributed by atoms with Crippen LogP contribution in [0.4, 0.5) is 0 Å².